The Morgan fingerprint density at radius 3 is 3.00 bits per heavy atom. The van der Waals surface area contributed by atoms with E-state index in [1.807, 2.05) is 6.07 Å². The van der Waals surface area contributed by atoms with Crippen LogP contribution in [0.3, 0.4) is 0 Å². The first-order valence-electron chi connectivity index (χ1n) is 5.59. The highest BCUT2D eigenvalue weighted by molar-refractivity contribution is 5.96. The maximum Gasteiger partial charge on any atom is 0.243 e. The van der Waals surface area contributed by atoms with Gasteiger partial charge in [0.05, 0.1) is 17.9 Å². The lowest BCUT2D eigenvalue weighted by molar-refractivity contribution is -0.119. The first-order chi connectivity index (χ1) is 8.16. The molecule has 1 aromatic heterocycles. The third-order valence-corrected chi connectivity index (χ3v) is 2.54. The molecule has 0 saturated heterocycles. The highest BCUT2D eigenvalue weighted by Crippen LogP contribution is 2.11. The second-order valence-corrected chi connectivity index (χ2v) is 3.85. The first kappa shape index (κ1) is 13.6. The molecule has 5 heteroatoms. The molecule has 0 fully saturated rings. The molecule has 1 unspecified atom stereocenters. The summed E-state index contributed by atoms with van der Waals surface area (Å²) in [6.07, 6.45) is 4.71. The van der Waals surface area contributed by atoms with E-state index in [2.05, 4.69) is 4.98 Å². The first-order valence-corrected chi connectivity index (χ1v) is 5.59. The van der Waals surface area contributed by atoms with Gasteiger partial charge in [0.2, 0.25) is 5.91 Å². The molecule has 1 atom stereocenters. The molecule has 0 bridgehead atoms. The minimum absolute atomic E-state index is 0.103. The molecule has 1 aromatic rings. The molecule has 0 aliphatic heterocycles. The Bertz CT molecular complexity index is 343. The normalized spacial score (nSPS) is 12.2. The van der Waals surface area contributed by atoms with E-state index >= 15 is 0 Å². The zero-order chi connectivity index (χ0) is 12.7. The van der Waals surface area contributed by atoms with Gasteiger partial charge in [0.15, 0.2) is 0 Å². The number of nitrogens with zero attached hydrogens (tertiary/aromatic N) is 2. The molecule has 17 heavy (non-hydrogen) atoms. The van der Waals surface area contributed by atoms with Crippen molar-refractivity contribution in [2.75, 3.05) is 25.7 Å². The predicted molar refractivity (Wildman–Crippen MR) is 66.7 cm³/mol. The number of aromatic nitrogens is 1. The molecule has 0 aliphatic carbocycles. The number of carbonyl (C=O) groups excluding carboxylic acids is 1. The summed E-state index contributed by atoms with van der Waals surface area (Å²) < 4.78 is 4.93. The molecule has 0 spiro atoms. The number of rotatable bonds is 6. The van der Waals surface area contributed by atoms with Crippen molar-refractivity contribution in [3.8, 4) is 0 Å². The largest absolute Gasteiger partial charge is 0.385 e. The number of nitrogens with two attached hydrogens (primary N) is 1. The molecule has 0 saturated carbocycles. The molecule has 0 aliphatic rings. The van der Waals surface area contributed by atoms with Crippen molar-refractivity contribution in [1.82, 2.24) is 4.98 Å². The van der Waals surface area contributed by atoms with Crippen molar-refractivity contribution in [3.63, 3.8) is 0 Å². The van der Waals surface area contributed by atoms with Crippen molar-refractivity contribution in [2.24, 2.45) is 5.73 Å². The van der Waals surface area contributed by atoms with E-state index in [0.717, 1.165) is 12.1 Å². The maximum atomic E-state index is 12.0. The van der Waals surface area contributed by atoms with E-state index in [-0.39, 0.29) is 5.91 Å². The number of carbonyl (C=O) groups is 1. The summed E-state index contributed by atoms with van der Waals surface area (Å²) in [6.45, 7) is 0.623. The Morgan fingerprint density at radius 2 is 2.41 bits per heavy atom. The van der Waals surface area contributed by atoms with E-state index in [4.69, 9.17) is 10.5 Å². The summed E-state index contributed by atoms with van der Waals surface area (Å²) in [5.74, 6) is -0.103. The molecule has 1 amide bonds. The quantitative estimate of drug-likeness (QED) is 0.743. The van der Waals surface area contributed by atoms with Gasteiger partial charge in [-0.25, -0.2) is 0 Å². The summed E-state index contributed by atoms with van der Waals surface area (Å²) in [5.41, 5.74) is 6.58. The van der Waals surface area contributed by atoms with Gasteiger partial charge in [-0.3, -0.25) is 9.78 Å². The van der Waals surface area contributed by atoms with Gasteiger partial charge in [0, 0.05) is 27.0 Å². The fraction of sp³-hybridized carbons (Fsp3) is 0.500. The third-order valence-electron chi connectivity index (χ3n) is 2.54. The SMILES string of the molecule is COCCCC(N)C(=O)N(C)c1cccnc1. The van der Waals surface area contributed by atoms with Crippen molar-refractivity contribution in [1.29, 1.82) is 0 Å². The number of hydrogen-bond acceptors (Lipinski definition) is 4. The lowest BCUT2D eigenvalue weighted by Gasteiger charge is -2.20. The molecule has 2 N–H and O–H groups in total. The minimum Gasteiger partial charge on any atom is -0.385 e. The minimum atomic E-state index is -0.490. The van der Waals surface area contributed by atoms with Crippen molar-refractivity contribution >= 4 is 11.6 Å². The van der Waals surface area contributed by atoms with Crippen LogP contribution in [-0.4, -0.2) is 37.7 Å². The topological polar surface area (TPSA) is 68.5 Å². The lowest BCUT2D eigenvalue weighted by Crippen LogP contribution is -2.42. The number of likely N-dealkylation sites (N-methyl/N-ethyl adjacent to an activating group) is 1. The third kappa shape index (κ3) is 4.13. The Balaban J connectivity index is 2.51. The number of ether oxygens (including phenoxy) is 1. The maximum absolute atomic E-state index is 12.0. The summed E-state index contributed by atoms with van der Waals surface area (Å²) in [4.78, 5) is 17.5. The molecule has 1 rings (SSSR count). The van der Waals surface area contributed by atoms with Crippen LogP contribution in [0.1, 0.15) is 12.8 Å². The molecule has 1 heterocycles. The zero-order valence-corrected chi connectivity index (χ0v) is 10.3. The van der Waals surface area contributed by atoms with Gasteiger partial charge in [-0.2, -0.15) is 0 Å². The van der Waals surface area contributed by atoms with Gasteiger partial charge in [0.25, 0.3) is 0 Å². The lowest BCUT2D eigenvalue weighted by atomic mass is 10.1. The average molecular weight is 237 g/mol. The van der Waals surface area contributed by atoms with Crippen LogP contribution in [0.4, 0.5) is 5.69 Å². The van der Waals surface area contributed by atoms with E-state index < -0.39 is 6.04 Å². The fourth-order valence-corrected chi connectivity index (χ4v) is 1.50. The number of anilines is 1. The van der Waals surface area contributed by atoms with Crippen LogP contribution in [0.15, 0.2) is 24.5 Å². The fourth-order valence-electron chi connectivity index (χ4n) is 1.50. The van der Waals surface area contributed by atoms with E-state index in [1.165, 1.54) is 4.90 Å². The van der Waals surface area contributed by atoms with Crippen LogP contribution in [0.5, 0.6) is 0 Å². The Hall–Kier alpha value is -1.46. The number of pyridine rings is 1. The van der Waals surface area contributed by atoms with E-state index in [0.29, 0.717) is 13.0 Å². The molecular formula is C12H19N3O2. The number of hydrogen-bond donors (Lipinski definition) is 1. The van der Waals surface area contributed by atoms with Gasteiger partial charge in [-0.05, 0) is 25.0 Å². The van der Waals surface area contributed by atoms with Crippen LogP contribution in [-0.2, 0) is 9.53 Å². The summed E-state index contributed by atoms with van der Waals surface area (Å²) in [7, 11) is 3.34. The van der Waals surface area contributed by atoms with Crippen molar-refractivity contribution < 1.29 is 9.53 Å². The van der Waals surface area contributed by atoms with Gasteiger partial charge in [0.1, 0.15) is 0 Å². The number of methoxy groups -OCH3 is 1. The van der Waals surface area contributed by atoms with E-state index in [9.17, 15) is 4.79 Å². The summed E-state index contributed by atoms with van der Waals surface area (Å²) >= 11 is 0. The average Bonchev–Trinajstić information content (AvgIpc) is 2.38. The Kier molecular flexibility index (Phi) is 5.59. The van der Waals surface area contributed by atoms with Gasteiger partial charge in [-0.15, -0.1) is 0 Å². The summed E-state index contributed by atoms with van der Waals surface area (Å²) in [5, 5.41) is 0. The monoisotopic (exact) mass is 237 g/mol. The van der Waals surface area contributed by atoms with Crippen LogP contribution >= 0.6 is 0 Å². The smallest absolute Gasteiger partial charge is 0.243 e. The second-order valence-electron chi connectivity index (χ2n) is 3.85. The van der Waals surface area contributed by atoms with Gasteiger partial charge >= 0.3 is 0 Å². The Morgan fingerprint density at radius 1 is 1.65 bits per heavy atom. The Labute approximate surface area is 102 Å². The van der Waals surface area contributed by atoms with Gasteiger partial charge in [-0.1, -0.05) is 0 Å². The van der Waals surface area contributed by atoms with Crippen molar-refractivity contribution in [2.45, 2.75) is 18.9 Å². The summed E-state index contributed by atoms with van der Waals surface area (Å²) in [6, 6.07) is 3.12. The highest BCUT2D eigenvalue weighted by atomic mass is 16.5. The predicted octanol–water partition coefficient (Wildman–Crippen LogP) is 0.798. The molecule has 5 nitrogen and oxygen atoms in total. The zero-order valence-electron chi connectivity index (χ0n) is 10.3. The number of amides is 1. The molecule has 0 radical (unpaired) electrons. The van der Waals surface area contributed by atoms with Crippen molar-refractivity contribution in [3.05, 3.63) is 24.5 Å². The van der Waals surface area contributed by atoms with Gasteiger partial charge < -0.3 is 15.4 Å². The molecule has 0 aromatic carbocycles. The second kappa shape index (κ2) is 6.98. The van der Waals surface area contributed by atoms with Crippen LogP contribution in [0, 0.1) is 0 Å². The van der Waals surface area contributed by atoms with Crippen LogP contribution in [0.2, 0.25) is 0 Å². The van der Waals surface area contributed by atoms with Crippen LogP contribution in [0.25, 0.3) is 0 Å². The van der Waals surface area contributed by atoms with E-state index in [1.54, 1.807) is 32.6 Å². The highest BCUT2D eigenvalue weighted by Gasteiger charge is 2.18. The molecule has 94 valence electrons. The molecular weight excluding hydrogens is 218 g/mol. The standard InChI is InChI=1S/C12H19N3O2/c1-15(10-5-3-7-14-9-10)12(16)11(13)6-4-8-17-2/h3,5,7,9,11H,4,6,8,13H2,1-2H3. The van der Waals surface area contributed by atoms with Crippen LogP contribution < -0.4 is 10.6 Å².